The minimum Gasteiger partial charge on any atom is -0.479 e. The van der Waals surface area contributed by atoms with Crippen LogP contribution in [0.25, 0.3) is 0 Å². The van der Waals surface area contributed by atoms with Crippen LogP contribution in [0.5, 0.6) is 0 Å². The maximum Gasteiger partial charge on any atom is 0.332 e. The summed E-state index contributed by atoms with van der Waals surface area (Å²) in [4.78, 5) is 22.7. The first-order valence-corrected chi connectivity index (χ1v) is 7.20. The predicted octanol–water partition coefficient (Wildman–Crippen LogP) is 2.78. The number of carboxylic acids is 1. The topological polar surface area (TPSA) is 75.6 Å². The van der Waals surface area contributed by atoms with Crippen LogP contribution in [0.3, 0.4) is 0 Å². The molecular formula is C12H11Br2NO4. The molecule has 1 aliphatic heterocycles. The van der Waals surface area contributed by atoms with Crippen molar-refractivity contribution in [1.29, 1.82) is 0 Å². The first-order chi connectivity index (χ1) is 8.97. The average Bonchev–Trinajstić information content (AvgIpc) is 2.82. The summed E-state index contributed by atoms with van der Waals surface area (Å²) in [5, 5.41) is 11.5. The van der Waals surface area contributed by atoms with Crippen LogP contribution in [0.1, 0.15) is 12.8 Å². The third-order valence-electron chi connectivity index (χ3n) is 2.78. The Hall–Kier alpha value is -0.920. The lowest BCUT2D eigenvalue weighted by Gasteiger charge is -2.13. The summed E-state index contributed by atoms with van der Waals surface area (Å²) in [7, 11) is 0. The van der Waals surface area contributed by atoms with Crippen molar-refractivity contribution in [1.82, 2.24) is 0 Å². The highest BCUT2D eigenvalue weighted by atomic mass is 79.9. The summed E-state index contributed by atoms with van der Waals surface area (Å²) in [5.74, 6) is -1.35. The van der Waals surface area contributed by atoms with Gasteiger partial charge in [-0.2, -0.15) is 0 Å². The lowest BCUT2D eigenvalue weighted by molar-refractivity contribution is -0.150. The fourth-order valence-electron chi connectivity index (χ4n) is 1.82. The van der Waals surface area contributed by atoms with Crippen molar-refractivity contribution in [2.45, 2.75) is 25.0 Å². The van der Waals surface area contributed by atoms with E-state index in [1.165, 1.54) is 0 Å². The van der Waals surface area contributed by atoms with Crippen molar-refractivity contribution in [3.63, 3.8) is 0 Å². The van der Waals surface area contributed by atoms with Crippen LogP contribution in [0, 0.1) is 0 Å². The van der Waals surface area contributed by atoms with E-state index in [2.05, 4.69) is 37.2 Å². The van der Waals surface area contributed by atoms with Crippen molar-refractivity contribution in [2.24, 2.45) is 0 Å². The minimum absolute atomic E-state index is 0.327. The van der Waals surface area contributed by atoms with E-state index in [0.717, 1.165) is 8.95 Å². The molecule has 1 amide bonds. The number of carboxylic acid groups (broad SMARTS) is 1. The molecule has 102 valence electrons. The normalized spacial score (nSPS) is 22.2. The summed E-state index contributed by atoms with van der Waals surface area (Å²) in [6, 6.07) is 5.36. The second-order valence-electron chi connectivity index (χ2n) is 4.14. The quantitative estimate of drug-likeness (QED) is 0.829. The van der Waals surface area contributed by atoms with Crippen LogP contribution in [-0.4, -0.2) is 29.2 Å². The molecule has 0 radical (unpaired) electrons. The zero-order valence-corrected chi connectivity index (χ0v) is 12.9. The molecule has 1 aromatic rings. The number of amides is 1. The Bertz CT molecular complexity index is 520. The molecule has 19 heavy (non-hydrogen) atoms. The van der Waals surface area contributed by atoms with Crippen molar-refractivity contribution in [3.8, 4) is 0 Å². The fourth-order valence-corrected chi connectivity index (χ4v) is 2.96. The van der Waals surface area contributed by atoms with Crippen LogP contribution < -0.4 is 5.32 Å². The molecule has 2 rings (SSSR count). The van der Waals surface area contributed by atoms with Crippen LogP contribution in [-0.2, 0) is 14.3 Å². The smallest absolute Gasteiger partial charge is 0.332 e. The van der Waals surface area contributed by atoms with E-state index in [1.807, 2.05) is 6.07 Å². The maximum atomic E-state index is 12.0. The van der Waals surface area contributed by atoms with E-state index in [9.17, 15) is 9.59 Å². The lowest BCUT2D eigenvalue weighted by atomic mass is 10.2. The standard InChI is InChI=1S/C12H11Br2NO4/c13-6-1-2-8(7(14)5-6)15-11(16)9-3-4-10(19-9)12(17)18/h1-2,5,9-10H,3-4H2,(H,15,16)(H,17,18)/t9-,10+/m0/s1. The second-order valence-corrected chi connectivity index (χ2v) is 5.91. The zero-order valence-electron chi connectivity index (χ0n) is 9.73. The highest BCUT2D eigenvalue weighted by Gasteiger charge is 2.34. The Morgan fingerprint density at radius 2 is 1.95 bits per heavy atom. The van der Waals surface area contributed by atoms with Gasteiger partial charge in [-0.05, 0) is 47.0 Å². The summed E-state index contributed by atoms with van der Waals surface area (Å²) >= 11 is 6.66. The number of benzene rings is 1. The van der Waals surface area contributed by atoms with E-state index in [4.69, 9.17) is 9.84 Å². The summed E-state index contributed by atoms with van der Waals surface area (Å²) in [6.07, 6.45) is -0.827. The van der Waals surface area contributed by atoms with E-state index in [0.29, 0.717) is 18.5 Å². The Morgan fingerprint density at radius 1 is 1.26 bits per heavy atom. The van der Waals surface area contributed by atoms with Crippen molar-refractivity contribution in [2.75, 3.05) is 5.32 Å². The molecule has 0 saturated carbocycles. The number of halogens is 2. The van der Waals surface area contributed by atoms with Crippen molar-refractivity contribution < 1.29 is 19.4 Å². The van der Waals surface area contributed by atoms with Gasteiger partial charge in [-0.15, -0.1) is 0 Å². The minimum atomic E-state index is -1.03. The molecule has 0 spiro atoms. The van der Waals surface area contributed by atoms with Gasteiger partial charge in [0, 0.05) is 8.95 Å². The zero-order chi connectivity index (χ0) is 14.0. The summed E-state index contributed by atoms with van der Waals surface area (Å²) in [6.45, 7) is 0. The van der Waals surface area contributed by atoms with E-state index >= 15 is 0 Å². The number of nitrogens with one attached hydrogen (secondary N) is 1. The number of rotatable bonds is 3. The summed E-state index contributed by atoms with van der Waals surface area (Å²) < 4.78 is 6.81. The maximum absolute atomic E-state index is 12.0. The van der Waals surface area contributed by atoms with Gasteiger partial charge in [-0.3, -0.25) is 4.79 Å². The van der Waals surface area contributed by atoms with Gasteiger partial charge in [-0.1, -0.05) is 15.9 Å². The molecule has 7 heteroatoms. The van der Waals surface area contributed by atoms with Crippen LogP contribution in [0.2, 0.25) is 0 Å². The Morgan fingerprint density at radius 3 is 2.53 bits per heavy atom. The van der Waals surface area contributed by atoms with Crippen molar-refractivity contribution >= 4 is 49.4 Å². The predicted molar refractivity (Wildman–Crippen MR) is 76.0 cm³/mol. The molecule has 2 N–H and O–H groups in total. The molecule has 0 bridgehead atoms. The van der Waals surface area contributed by atoms with Gasteiger partial charge in [0.25, 0.3) is 5.91 Å². The number of anilines is 1. The first-order valence-electron chi connectivity index (χ1n) is 5.61. The third kappa shape index (κ3) is 3.55. The average molecular weight is 393 g/mol. The van der Waals surface area contributed by atoms with Gasteiger partial charge in [0.15, 0.2) is 6.10 Å². The SMILES string of the molecule is O=C(Nc1ccc(Br)cc1Br)[C@@H]1CC[C@H](C(=O)O)O1. The highest BCUT2D eigenvalue weighted by molar-refractivity contribution is 9.11. The van der Waals surface area contributed by atoms with E-state index < -0.39 is 18.2 Å². The van der Waals surface area contributed by atoms with Gasteiger partial charge in [0.1, 0.15) is 6.10 Å². The Labute approximate surface area is 126 Å². The van der Waals surface area contributed by atoms with Crippen molar-refractivity contribution in [3.05, 3.63) is 27.1 Å². The number of ether oxygens (including phenoxy) is 1. The third-order valence-corrected chi connectivity index (χ3v) is 3.93. The molecule has 1 aromatic carbocycles. The van der Waals surface area contributed by atoms with Gasteiger partial charge >= 0.3 is 5.97 Å². The molecule has 2 atom stereocenters. The van der Waals surface area contributed by atoms with E-state index in [-0.39, 0.29) is 5.91 Å². The highest BCUT2D eigenvalue weighted by Crippen LogP contribution is 2.27. The Kier molecular flexibility index (Phi) is 4.59. The van der Waals surface area contributed by atoms with Gasteiger partial charge in [0.05, 0.1) is 5.69 Å². The number of hydrogen-bond donors (Lipinski definition) is 2. The molecule has 1 fully saturated rings. The molecule has 0 aliphatic carbocycles. The van der Waals surface area contributed by atoms with Crippen LogP contribution in [0.4, 0.5) is 5.69 Å². The number of carbonyl (C=O) groups excluding carboxylic acids is 1. The molecule has 1 aliphatic rings. The molecular weight excluding hydrogens is 382 g/mol. The fraction of sp³-hybridized carbons (Fsp3) is 0.333. The molecule has 1 saturated heterocycles. The largest absolute Gasteiger partial charge is 0.479 e. The monoisotopic (exact) mass is 391 g/mol. The molecule has 0 unspecified atom stereocenters. The van der Waals surface area contributed by atoms with E-state index in [1.54, 1.807) is 12.1 Å². The molecule has 1 heterocycles. The number of aliphatic carboxylic acids is 1. The van der Waals surface area contributed by atoms with Gasteiger partial charge < -0.3 is 15.2 Å². The first kappa shape index (κ1) is 14.5. The van der Waals surface area contributed by atoms with Gasteiger partial charge in [-0.25, -0.2) is 4.79 Å². The van der Waals surface area contributed by atoms with Gasteiger partial charge in [0.2, 0.25) is 0 Å². The van der Waals surface area contributed by atoms with Crippen LogP contribution in [0.15, 0.2) is 27.1 Å². The number of hydrogen-bond acceptors (Lipinski definition) is 3. The Balaban J connectivity index is 2.00. The summed E-state index contributed by atoms with van der Waals surface area (Å²) in [5.41, 5.74) is 0.621. The number of carbonyl (C=O) groups is 2. The lowest BCUT2D eigenvalue weighted by Crippen LogP contribution is -2.30. The molecule has 5 nitrogen and oxygen atoms in total. The molecule has 0 aromatic heterocycles. The van der Waals surface area contributed by atoms with Crippen LogP contribution >= 0.6 is 31.9 Å². The second kappa shape index (κ2) is 6.02.